The van der Waals surface area contributed by atoms with E-state index in [2.05, 4.69) is 27.1 Å². The van der Waals surface area contributed by atoms with Gasteiger partial charge in [-0.15, -0.1) is 0 Å². The van der Waals surface area contributed by atoms with E-state index in [9.17, 15) is 25.6 Å². The molecule has 0 radical (unpaired) electrons. The molecular formula is C50H47F2N7O6S2. The molecule has 4 aromatic heterocycles. The van der Waals surface area contributed by atoms with Crippen LogP contribution in [0.15, 0.2) is 144 Å². The molecule has 1 aliphatic heterocycles. The summed E-state index contributed by atoms with van der Waals surface area (Å²) >= 11 is 0. The van der Waals surface area contributed by atoms with Crippen LogP contribution in [0.2, 0.25) is 0 Å². The topological polar surface area (TPSA) is 150 Å². The van der Waals surface area contributed by atoms with Gasteiger partial charge in [0.05, 0.1) is 35.3 Å². The number of likely N-dealkylation sites (tertiary alicyclic amines) is 1. The second-order valence-corrected chi connectivity index (χ2v) is 21.9. The summed E-state index contributed by atoms with van der Waals surface area (Å²) < 4.78 is 89.6. The van der Waals surface area contributed by atoms with Gasteiger partial charge in [0.25, 0.3) is 5.92 Å². The number of ether oxygens (including phenoxy) is 2. The molecule has 5 heterocycles. The fraction of sp³-hybridized carbons (Fsp3) is 0.280. The highest BCUT2D eigenvalue weighted by Gasteiger charge is 2.52. The highest BCUT2D eigenvalue weighted by molar-refractivity contribution is 7.91. The van der Waals surface area contributed by atoms with Gasteiger partial charge >= 0.3 is 0 Å². The van der Waals surface area contributed by atoms with Crippen molar-refractivity contribution in [3.63, 3.8) is 0 Å². The minimum atomic E-state index is -3.32. The molecule has 344 valence electrons. The van der Waals surface area contributed by atoms with Crippen molar-refractivity contribution in [3.8, 4) is 56.0 Å². The minimum Gasteiger partial charge on any atom is -0.487 e. The Hall–Kier alpha value is -6.56. The maximum absolute atomic E-state index is 13.1. The van der Waals surface area contributed by atoms with Crippen molar-refractivity contribution in [1.82, 2.24) is 34.1 Å². The number of rotatable bonds is 13. The first kappa shape index (κ1) is 44.3. The van der Waals surface area contributed by atoms with Gasteiger partial charge in [-0.05, 0) is 103 Å². The number of sulfone groups is 2. The average molecular weight is 944 g/mol. The van der Waals surface area contributed by atoms with E-state index in [0.29, 0.717) is 23.6 Å². The zero-order chi connectivity index (χ0) is 46.8. The van der Waals surface area contributed by atoms with Crippen LogP contribution < -0.4 is 9.47 Å². The van der Waals surface area contributed by atoms with E-state index in [4.69, 9.17) is 9.47 Å². The molecule has 1 saturated heterocycles. The molecule has 4 aromatic carbocycles. The van der Waals surface area contributed by atoms with Crippen LogP contribution >= 0.6 is 0 Å². The molecule has 2 saturated carbocycles. The van der Waals surface area contributed by atoms with Crippen LogP contribution in [0.3, 0.4) is 0 Å². The van der Waals surface area contributed by atoms with Crippen molar-refractivity contribution < 1.29 is 35.1 Å². The maximum atomic E-state index is 13.1. The summed E-state index contributed by atoms with van der Waals surface area (Å²) in [5.74, 6) is -0.962. The Morgan fingerprint density at radius 1 is 0.567 bits per heavy atom. The Kier molecular flexibility index (Phi) is 11.0. The van der Waals surface area contributed by atoms with Crippen LogP contribution in [0.25, 0.3) is 55.8 Å². The molecule has 0 atom stereocenters. The standard InChI is InChI=1S/C26H24F2N4O3S.C24H23N3O3S/c1-36(33,34)22-4-2-3-19(11-22)23-13-30-32-14-20(12-29-24(23)32)18-5-7-21(8-6-18)35-25(9-10-25)15-31-16-26(27,28)17-31;1-3-24(11-12-24)30-20-9-7-17(8-10-20)19-14-25-23-22(15-26-27(23)16-19)18-5-4-6-21(13-18)31(2,28)29/h2-8,11-14H,9-10,15-17H2,1H3;4-10,13-16H,3,11-12H2,1-2H3. The fourth-order valence-corrected chi connectivity index (χ4v) is 9.73. The van der Waals surface area contributed by atoms with Gasteiger partial charge in [-0.25, -0.2) is 44.6 Å². The number of halogens is 2. The van der Waals surface area contributed by atoms with E-state index in [1.54, 1.807) is 68.9 Å². The summed E-state index contributed by atoms with van der Waals surface area (Å²) in [7, 11) is -6.61. The quantitative estimate of drug-likeness (QED) is 0.109. The van der Waals surface area contributed by atoms with Crippen molar-refractivity contribution >= 4 is 31.0 Å². The predicted molar refractivity (Wildman–Crippen MR) is 251 cm³/mol. The molecule has 3 fully saturated rings. The molecule has 0 amide bonds. The van der Waals surface area contributed by atoms with Crippen molar-refractivity contribution in [1.29, 1.82) is 0 Å². The second-order valence-electron chi connectivity index (χ2n) is 17.9. The van der Waals surface area contributed by atoms with Gasteiger partial charge in [0.2, 0.25) is 0 Å². The highest BCUT2D eigenvalue weighted by Crippen LogP contribution is 2.44. The molecule has 17 heteroatoms. The van der Waals surface area contributed by atoms with E-state index < -0.39 is 25.6 Å². The Labute approximate surface area is 386 Å². The third-order valence-corrected chi connectivity index (χ3v) is 14.8. The van der Waals surface area contributed by atoms with Crippen LogP contribution in [0.5, 0.6) is 11.5 Å². The van der Waals surface area contributed by atoms with Crippen LogP contribution in [-0.4, -0.2) is 100 Å². The normalized spacial score (nSPS) is 17.0. The van der Waals surface area contributed by atoms with Crippen molar-refractivity contribution in [2.24, 2.45) is 0 Å². The number of nitrogens with zero attached hydrogens (tertiary/aromatic N) is 7. The van der Waals surface area contributed by atoms with Gasteiger partial charge in [0.15, 0.2) is 31.0 Å². The fourth-order valence-electron chi connectivity index (χ4n) is 8.40. The van der Waals surface area contributed by atoms with Crippen LogP contribution in [0, 0.1) is 0 Å². The first-order chi connectivity index (χ1) is 32.0. The number of hydrogen-bond acceptors (Lipinski definition) is 11. The number of alkyl halides is 2. The smallest absolute Gasteiger partial charge is 0.272 e. The number of benzene rings is 4. The Balaban J connectivity index is 0.000000159. The molecule has 2 aliphatic carbocycles. The largest absolute Gasteiger partial charge is 0.487 e. The van der Waals surface area contributed by atoms with Gasteiger partial charge in [0.1, 0.15) is 22.7 Å². The van der Waals surface area contributed by atoms with Crippen LogP contribution in [-0.2, 0) is 19.7 Å². The third kappa shape index (κ3) is 9.53. The van der Waals surface area contributed by atoms with Crippen LogP contribution in [0.4, 0.5) is 8.78 Å². The minimum absolute atomic E-state index is 0.0435. The summed E-state index contributed by atoms with van der Waals surface area (Å²) in [6.07, 6.45) is 18.2. The summed E-state index contributed by atoms with van der Waals surface area (Å²) in [6.45, 7) is 2.31. The van der Waals surface area contributed by atoms with Gasteiger partial charge in [-0.2, -0.15) is 10.2 Å². The molecule has 0 unspecified atom stereocenters. The summed E-state index contributed by atoms with van der Waals surface area (Å²) in [6, 6.07) is 29.3. The molecule has 0 bridgehead atoms. The van der Waals surface area contributed by atoms with E-state index in [1.807, 2.05) is 79.3 Å². The Bertz CT molecular complexity index is 3380. The average Bonchev–Trinajstić information content (AvgIpc) is 4.15. The molecular weight excluding hydrogens is 897 g/mol. The SMILES string of the molecule is CCC1(Oc2ccc(-c3cnc4c(-c5cccc(S(C)(=O)=O)c5)cnn4c3)cc2)CC1.CS(=O)(=O)c1cccc(-c2cnn3cc(-c4ccc(OC5(CN6CC(F)(F)C6)CC5)cc4)cnc23)c1. The second kappa shape index (κ2) is 16.6. The maximum Gasteiger partial charge on any atom is 0.272 e. The first-order valence-electron chi connectivity index (χ1n) is 21.9. The van der Waals surface area contributed by atoms with E-state index >= 15 is 0 Å². The molecule has 3 aliphatic rings. The van der Waals surface area contributed by atoms with E-state index in [-0.39, 0.29) is 34.1 Å². The Morgan fingerprint density at radius 2 is 1.00 bits per heavy atom. The lowest BCUT2D eigenvalue weighted by atomic mass is 10.1. The predicted octanol–water partition coefficient (Wildman–Crippen LogP) is 9.12. The Morgan fingerprint density at radius 3 is 1.39 bits per heavy atom. The molecule has 0 spiro atoms. The molecule has 0 N–H and O–H groups in total. The molecule has 13 nitrogen and oxygen atoms in total. The summed E-state index contributed by atoms with van der Waals surface area (Å²) in [4.78, 5) is 11.5. The first-order valence-corrected chi connectivity index (χ1v) is 25.7. The zero-order valence-corrected chi connectivity index (χ0v) is 38.6. The lowest BCUT2D eigenvalue weighted by molar-refractivity contribution is -0.139. The van der Waals surface area contributed by atoms with Gasteiger partial charge < -0.3 is 9.47 Å². The monoisotopic (exact) mass is 943 g/mol. The van der Waals surface area contributed by atoms with Gasteiger partial charge in [0, 0.05) is 66.1 Å². The van der Waals surface area contributed by atoms with Crippen molar-refractivity contribution in [2.75, 3.05) is 32.1 Å². The molecule has 11 rings (SSSR count). The van der Waals surface area contributed by atoms with Crippen molar-refractivity contribution in [3.05, 3.63) is 134 Å². The number of hydrogen-bond donors (Lipinski definition) is 0. The van der Waals surface area contributed by atoms with Gasteiger partial charge in [-0.3, -0.25) is 4.90 Å². The van der Waals surface area contributed by atoms with E-state index in [0.717, 1.165) is 82.4 Å². The third-order valence-electron chi connectivity index (χ3n) is 12.6. The highest BCUT2D eigenvalue weighted by atomic mass is 32.2. The molecule has 8 aromatic rings. The van der Waals surface area contributed by atoms with Crippen LogP contribution in [0.1, 0.15) is 39.0 Å². The summed E-state index contributed by atoms with van der Waals surface area (Å²) in [5.41, 5.74) is 7.76. The lowest BCUT2D eigenvalue weighted by Crippen LogP contribution is -2.58. The van der Waals surface area contributed by atoms with Gasteiger partial charge in [-0.1, -0.05) is 55.5 Å². The zero-order valence-electron chi connectivity index (χ0n) is 37.0. The summed E-state index contributed by atoms with van der Waals surface area (Å²) in [5, 5.41) is 8.86. The number of aromatic nitrogens is 6. The van der Waals surface area contributed by atoms with E-state index in [1.165, 1.54) is 12.5 Å². The number of fused-ring (bicyclic) bond motifs is 2. The molecule has 67 heavy (non-hydrogen) atoms. The lowest BCUT2D eigenvalue weighted by Gasteiger charge is -2.40. The van der Waals surface area contributed by atoms with Crippen molar-refractivity contribution in [2.45, 2.75) is 65.9 Å².